The van der Waals surface area contributed by atoms with Crippen molar-refractivity contribution in [3.8, 4) is 11.1 Å². The van der Waals surface area contributed by atoms with Gasteiger partial charge in [-0.3, -0.25) is 0 Å². The summed E-state index contributed by atoms with van der Waals surface area (Å²) in [6.07, 6.45) is 11.7. The van der Waals surface area contributed by atoms with E-state index in [-0.39, 0.29) is 12.3 Å². The van der Waals surface area contributed by atoms with Crippen molar-refractivity contribution in [2.24, 2.45) is 0 Å². The molecular weight excluding hydrogens is 341 g/mol. The van der Waals surface area contributed by atoms with Gasteiger partial charge < -0.3 is 9.72 Å². The molecule has 3 nitrogen and oxygen atoms in total. The Balaban J connectivity index is 1.96. The molecule has 0 saturated heterocycles. The van der Waals surface area contributed by atoms with E-state index >= 15 is 0 Å². The molecule has 27 heavy (non-hydrogen) atoms. The molecule has 1 aromatic carbocycles. The quantitative estimate of drug-likeness (QED) is 0.356. The molecule has 0 atom stereocenters. The van der Waals surface area contributed by atoms with Gasteiger partial charge in [0.1, 0.15) is 0 Å². The Morgan fingerprint density at radius 3 is 2.41 bits per heavy atom. The Kier molecular flexibility index (Phi) is 8.56. The van der Waals surface area contributed by atoms with Gasteiger partial charge in [-0.1, -0.05) is 63.6 Å². The molecular formula is C23H32FNO2. The number of esters is 1. The van der Waals surface area contributed by atoms with Crippen LogP contribution in [-0.4, -0.2) is 17.6 Å². The Morgan fingerprint density at radius 1 is 1.04 bits per heavy atom. The first-order valence-corrected chi connectivity index (χ1v) is 10.2. The van der Waals surface area contributed by atoms with E-state index in [4.69, 9.17) is 4.74 Å². The van der Waals surface area contributed by atoms with Crippen molar-refractivity contribution in [1.29, 1.82) is 0 Å². The van der Waals surface area contributed by atoms with E-state index in [2.05, 4.69) is 24.0 Å². The van der Waals surface area contributed by atoms with E-state index in [1.54, 1.807) is 13.1 Å². The number of hydrogen-bond donors (Lipinski definition) is 1. The fraction of sp³-hybridized carbons (Fsp3) is 0.522. The van der Waals surface area contributed by atoms with Crippen molar-refractivity contribution in [1.82, 2.24) is 4.98 Å². The van der Waals surface area contributed by atoms with Gasteiger partial charge in [0.2, 0.25) is 0 Å². The molecule has 148 valence electrons. The number of halogens is 1. The van der Waals surface area contributed by atoms with Crippen LogP contribution in [0.1, 0.15) is 80.4 Å². The Morgan fingerprint density at radius 2 is 1.74 bits per heavy atom. The highest BCUT2D eigenvalue weighted by molar-refractivity contribution is 5.90. The first-order valence-electron chi connectivity index (χ1n) is 10.2. The fourth-order valence-corrected chi connectivity index (χ4v) is 3.42. The first kappa shape index (κ1) is 21.2. The largest absolute Gasteiger partial charge is 0.461 e. The maximum absolute atomic E-state index is 14.6. The number of benzene rings is 1. The summed E-state index contributed by atoms with van der Waals surface area (Å²) < 4.78 is 19.5. The zero-order valence-electron chi connectivity index (χ0n) is 16.9. The number of H-pyrrole nitrogens is 1. The average Bonchev–Trinajstić information content (AvgIpc) is 3.03. The van der Waals surface area contributed by atoms with Crippen LogP contribution >= 0.6 is 0 Å². The molecule has 0 amide bonds. The summed E-state index contributed by atoms with van der Waals surface area (Å²) in [5.74, 6) is -1.20. The van der Waals surface area contributed by atoms with Crippen LogP contribution in [-0.2, 0) is 11.2 Å². The lowest BCUT2D eigenvalue weighted by Gasteiger charge is -2.08. The number of carbonyl (C=O) groups is 1. The van der Waals surface area contributed by atoms with Crippen LogP contribution in [0.3, 0.4) is 0 Å². The predicted molar refractivity (Wildman–Crippen MR) is 109 cm³/mol. The van der Waals surface area contributed by atoms with Crippen LogP contribution in [0, 0.1) is 12.7 Å². The summed E-state index contributed by atoms with van der Waals surface area (Å²) in [5.41, 5.74) is 3.41. The van der Waals surface area contributed by atoms with E-state index in [1.807, 2.05) is 13.0 Å². The molecule has 2 rings (SSSR count). The summed E-state index contributed by atoms with van der Waals surface area (Å²) >= 11 is 0. The summed E-state index contributed by atoms with van der Waals surface area (Å²) in [7, 11) is 0. The molecule has 0 aliphatic heterocycles. The van der Waals surface area contributed by atoms with Crippen LogP contribution < -0.4 is 0 Å². The predicted octanol–water partition coefficient (Wildman–Crippen LogP) is 6.60. The average molecular weight is 374 g/mol. The van der Waals surface area contributed by atoms with Crippen molar-refractivity contribution >= 4 is 5.97 Å². The molecule has 1 aromatic heterocycles. The Bertz CT molecular complexity index is 736. The molecule has 0 bridgehead atoms. The second kappa shape index (κ2) is 10.9. The normalized spacial score (nSPS) is 11.0. The summed E-state index contributed by atoms with van der Waals surface area (Å²) in [6, 6.07) is 6.14. The molecule has 4 heteroatoms. The highest BCUT2D eigenvalue weighted by Crippen LogP contribution is 2.29. The van der Waals surface area contributed by atoms with Crippen LogP contribution in [0.2, 0.25) is 0 Å². The monoisotopic (exact) mass is 373 g/mol. The molecule has 0 radical (unpaired) electrons. The van der Waals surface area contributed by atoms with Gasteiger partial charge in [0.15, 0.2) is 11.5 Å². The number of rotatable bonds is 11. The van der Waals surface area contributed by atoms with Crippen LogP contribution in [0.25, 0.3) is 11.1 Å². The fourth-order valence-electron chi connectivity index (χ4n) is 3.42. The molecule has 0 saturated carbocycles. The smallest absolute Gasteiger partial charge is 0.357 e. The van der Waals surface area contributed by atoms with Crippen LogP contribution in [0.15, 0.2) is 24.4 Å². The number of hydrogen-bond acceptors (Lipinski definition) is 2. The Labute approximate surface area is 162 Å². The second-order valence-corrected chi connectivity index (χ2v) is 7.13. The third-order valence-electron chi connectivity index (χ3n) is 4.95. The molecule has 0 aliphatic carbocycles. The third-order valence-corrected chi connectivity index (χ3v) is 4.95. The minimum absolute atomic E-state index is 0.113. The van der Waals surface area contributed by atoms with Gasteiger partial charge in [0.25, 0.3) is 0 Å². The summed E-state index contributed by atoms with van der Waals surface area (Å²) in [6.45, 7) is 6.15. The zero-order valence-corrected chi connectivity index (χ0v) is 16.9. The van der Waals surface area contributed by atoms with Gasteiger partial charge in [-0.25, -0.2) is 9.18 Å². The van der Waals surface area contributed by atoms with Gasteiger partial charge in [0.05, 0.1) is 6.61 Å². The number of nitrogens with one attached hydrogen (secondary N) is 1. The van der Waals surface area contributed by atoms with Gasteiger partial charge in [-0.05, 0) is 43.4 Å². The SMILES string of the molecule is CCCCCCCCCc1ccc(-c2c[nH]c(C(=O)OCC)c2F)c(C)c1. The topological polar surface area (TPSA) is 42.1 Å². The minimum atomic E-state index is -0.658. The minimum Gasteiger partial charge on any atom is -0.461 e. The molecule has 2 aromatic rings. The summed E-state index contributed by atoms with van der Waals surface area (Å²) in [5, 5.41) is 0. The number of aromatic nitrogens is 1. The number of carbonyl (C=O) groups excluding carboxylic acids is 1. The van der Waals surface area contributed by atoms with Gasteiger partial charge in [-0.15, -0.1) is 0 Å². The second-order valence-electron chi connectivity index (χ2n) is 7.13. The number of aryl methyl sites for hydroxylation is 2. The standard InChI is InChI=1S/C23H32FNO2/c1-4-6-7-8-9-10-11-12-18-13-14-19(17(3)15-18)20-16-25-22(21(20)24)23(26)27-5-2/h13-16,25H,4-12H2,1-3H3. The first-order chi connectivity index (χ1) is 13.1. The van der Waals surface area contributed by atoms with Crippen molar-refractivity contribution in [3.05, 3.63) is 47.0 Å². The van der Waals surface area contributed by atoms with Crippen LogP contribution in [0.4, 0.5) is 4.39 Å². The lowest BCUT2D eigenvalue weighted by Crippen LogP contribution is -2.07. The molecule has 0 unspecified atom stereocenters. The molecule has 1 heterocycles. The molecule has 1 N–H and O–H groups in total. The van der Waals surface area contributed by atoms with Crippen molar-refractivity contribution in [3.63, 3.8) is 0 Å². The van der Waals surface area contributed by atoms with E-state index in [0.717, 1.165) is 17.5 Å². The van der Waals surface area contributed by atoms with E-state index in [0.29, 0.717) is 5.56 Å². The van der Waals surface area contributed by atoms with E-state index in [9.17, 15) is 9.18 Å². The van der Waals surface area contributed by atoms with Crippen molar-refractivity contribution in [2.45, 2.75) is 72.1 Å². The molecule has 0 aliphatic rings. The number of ether oxygens (including phenoxy) is 1. The Hall–Kier alpha value is -2.10. The maximum atomic E-state index is 14.6. The highest BCUT2D eigenvalue weighted by atomic mass is 19.1. The lowest BCUT2D eigenvalue weighted by molar-refractivity contribution is 0.0515. The maximum Gasteiger partial charge on any atom is 0.357 e. The molecule has 0 spiro atoms. The van der Waals surface area contributed by atoms with E-state index in [1.165, 1.54) is 50.5 Å². The van der Waals surface area contributed by atoms with Crippen LogP contribution in [0.5, 0.6) is 0 Å². The molecule has 0 fully saturated rings. The van der Waals surface area contributed by atoms with E-state index < -0.39 is 11.8 Å². The zero-order chi connectivity index (χ0) is 19.6. The number of unbranched alkanes of at least 4 members (excludes halogenated alkanes) is 6. The van der Waals surface area contributed by atoms with Gasteiger partial charge in [-0.2, -0.15) is 0 Å². The van der Waals surface area contributed by atoms with Gasteiger partial charge >= 0.3 is 5.97 Å². The lowest BCUT2D eigenvalue weighted by atomic mass is 9.97. The number of aromatic amines is 1. The van der Waals surface area contributed by atoms with Gasteiger partial charge in [0, 0.05) is 11.8 Å². The highest BCUT2D eigenvalue weighted by Gasteiger charge is 2.20. The summed E-state index contributed by atoms with van der Waals surface area (Å²) in [4.78, 5) is 14.5. The third kappa shape index (κ3) is 5.95. The van der Waals surface area contributed by atoms with Crippen molar-refractivity contribution < 1.29 is 13.9 Å². The van der Waals surface area contributed by atoms with Crippen molar-refractivity contribution in [2.75, 3.05) is 6.61 Å².